The van der Waals surface area contributed by atoms with Gasteiger partial charge in [-0.1, -0.05) is 42.0 Å². The number of hydrogen-bond donors (Lipinski definition) is 0. The van der Waals surface area contributed by atoms with E-state index < -0.39 is 11.8 Å². The number of carbonyl (C=O) groups is 1. The molecule has 0 unspecified atom stereocenters. The molecule has 2 aliphatic heterocycles. The van der Waals surface area contributed by atoms with Crippen molar-refractivity contribution >= 4 is 6.09 Å². The summed E-state index contributed by atoms with van der Waals surface area (Å²) >= 11 is 0. The van der Waals surface area contributed by atoms with Gasteiger partial charge in [-0.3, -0.25) is 4.90 Å². The van der Waals surface area contributed by atoms with E-state index in [2.05, 4.69) is 15.2 Å². The molecule has 6 heteroatoms. The fourth-order valence-corrected chi connectivity index (χ4v) is 3.68. The number of piperidine rings is 1. The summed E-state index contributed by atoms with van der Waals surface area (Å²) in [6.45, 7) is 6.01. The molecule has 1 amide bonds. The highest BCUT2D eigenvalue weighted by Crippen LogP contribution is 2.43. The monoisotopic (exact) mass is 316 g/mol. The van der Waals surface area contributed by atoms with E-state index in [1.165, 1.54) is 11.4 Å². The number of amides is 1. The first kappa shape index (κ1) is 15.9. The van der Waals surface area contributed by atoms with Crippen LogP contribution in [0.2, 0.25) is 0 Å². The van der Waals surface area contributed by atoms with E-state index in [9.17, 15) is 4.79 Å². The highest BCUT2D eigenvalue weighted by molar-refractivity contribution is 5.69. The molecule has 23 heavy (non-hydrogen) atoms. The zero-order valence-electron chi connectivity index (χ0n) is 13.8. The van der Waals surface area contributed by atoms with E-state index in [1.807, 2.05) is 37.3 Å². The van der Waals surface area contributed by atoms with E-state index in [-0.39, 0.29) is 6.04 Å². The van der Waals surface area contributed by atoms with E-state index in [0.717, 1.165) is 31.5 Å². The van der Waals surface area contributed by atoms with Crippen LogP contribution >= 0.6 is 0 Å². The Morgan fingerprint density at radius 2 is 1.96 bits per heavy atom. The number of benzene rings is 1. The Kier molecular flexibility index (Phi) is 4.61. The maximum atomic E-state index is 12.5. The molecule has 124 valence electrons. The van der Waals surface area contributed by atoms with Crippen molar-refractivity contribution in [3.8, 4) is 0 Å². The molecule has 2 heterocycles. The SMILES string of the molecule is CCOC(=O)N1N=N[C@H](C)[C@]1(c1ccccc1)N1CCCCC1. The van der Waals surface area contributed by atoms with Crippen LogP contribution < -0.4 is 0 Å². The predicted molar refractivity (Wildman–Crippen MR) is 86.7 cm³/mol. The average Bonchev–Trinajstić information content (AvgIpc) is 2.95. The molecule has 1 aromatic carbocycles. The molecular weight excluding hydrogens is 292 g/mol. The van der Waals surface area contributed by atoms with Crippen LogP contribution in [0.25, 0.3) is 0 Å². The van der Waals surface area contributed by atoms with Gasteiger partial charge in [0, 0.05) is 13.1 Å². The number of hydrogen-bond acceptors (Lipinski definition) is 5. The van der Waals surface area contributed by atoms with E-state index >= 15 is 0 Å². The molecule has 0 spiro atoms. The van der Waals surface area contributed by atoms with Gasteiger partial charge in [-0.25, -0.2) is 4.79 Å². The topological polar surface area (TPSA) is 57.5 Å². The van der Waals surface area contributed by atoms with Crippen LogP contribution in [0, 0.1) is 0 Å². The summed E-state index contributed by atoms with van der Waals surface area (Å²) in [4.78, 5) is 14.9. The number of carbonyl (C=O) groups excluding carboxylic acids is 1. The van der Waals surface area contributed by atoms with Gasteiger partial charge < -0.3 is 4.74 Å². The van der Waals surface area contributed by atoms with Gasteiger partial charge in [0.15, 0.2) is 5.66 Å². The number of rotatable bonds is 3. The molecule has 2 atom stereocenters. The van der Waals surface area contributed by atoms with Crippen LogP contribution in [0.1, 0.15) is 38.7 Å². The van der Waals surface area contributed by atoms with Crippen molar-refractivity contribution in [2.75, 3.05) is 19.7 Å². The molecule has 0 N–H and O–H groups in total. The molecule has 0 aliphatic carbocycles. The molecule has 1 aromatic rings. The van der Waals surface area contributed by atoms with Crippen molar-refractivity contribution in [1.29, 1.82) is 0 Å². The van der Waals surface area contributed by atoms with Gasteiger partial charge in [0.25, 0.3) is 0 Å². The third-order valence-electron chi connectivity index (χ3n) is 4.70. The van der Waals surface area contributed by atoms with Gasteiger partial charge in [-0.05, 0) is 32.3 Å². The van der Waals surface area contributed by atoms with Crippen molar-refractivity contribution in [2.24, 2.45) is 10.3 Å². The van der Waals surface area contributed by atoms with Crippen molar-refractivity contribution in [1.82, 2.24) is 9.91 Å². The van der Waals surface area contributed by atoms with Gasteiger partial charge in [-0.15, -0.1) is 0 Å². The summed E-state index contributed by atoms with van der Waals surface area (Å²) in [7, 11) is 0. The minimum atomic E-state index is -0.687. The summed E-state index contributed by atoms with van der Waals surface area (Å²) < 4.78 is 5.25. The normalized spacial score (nSPS) is 28.1. The van der Waals surface area contributed by atoms with Gasteiger partial charge in [0.05, 0.1) is 6.61 Å². The van der Waals surface area contributed by atoms with E-state index in [0.29, 0.717) is 6.61 Å². The standard InChI is InChI=1S/C17H24N4O2/c1-3-23-16(22)21-17(14(2)18-19-21,15-10-6-4-7-11-15)20-12-8-5-9-13-20/h4,6-7,10-11,14H,3,5,8-9,12-13H2,1-2H3/t14-,17+/m1/s1. The second-order valence-corrected chi connectivity index (χ2v) is 6.03. The third kappa shape index (κ3) is 2.61. The molecule has 6 nitrogen and oxygen atoms in total. The second kappa shape index (κ2) is 6.66. The smallest absolute Gasteiger partial charge is 0.434 e. The first-order valence-electron chi connectivity index (χ1n) is 8.39. The molecule has 1 saturated heterocycles. The Labute approximate surface area is 137 Å². The summed E-state index contributed by atoms with van der Waals surface area (Å²) in [5, 5.41) is 9.96. The van der Waals surface area contributed by atoms with Gasteiger partial charge in [-0.2, -0.15) is 10.1 Å². The van der Waals surface area contributed by atoms with Crippen LogP contribution in [0.15, 0.2) is 40.7 Å². The Morgan fingerprint density at radius 3 is 2.61 bits per heavy atom. The molecule has 0 aromatic heterocycles. The lowest BCUT2D eigenvalue weighted by Crippen LogP contribution is -2.61. The number of likely N-dealkylation sites (tertiary alicyclic amines) is 1. The van der Waals surface area contributed by atoms with Gasteiger partial charge >= 0.3 is 6.09 Å². The summed E-state index contributed by atoms with van der Waals surface area (Å²) in [5.41, 5.74) is 0.348. The minimum absolute atomic E-state index is 0.146. The van der Waals surface area contributed by atoms with E-state index in [4.69, 9.17) is 4.74 Å². The Morgan fingerprint density at radius 1 is 1.26 bits per heavy atom. The highest BCUT2D eigenvalue weighted by atomic mass is 16.6. The first-order valence-corrected chi connectivity index (χ1v) is 8.39. The summed E-state index contributed by atoms with van der Waals surface area (Å²) in [6, 6.07) is 9.93. The third-order valence-corrected chi connectivity index (χ3v) is 4.70. The van der Waals surface area contributed by atoms with Crippen LogP contribution in [-0.4, -0.2) is 41.7 Å². The minimum Gasteiger partial charge on any atom is -0.448 e. The molecule has 1 fully saturated rings. The number of ether oxygens (including phenoxy) is 1. The highest BCUT2D eigenvalue weighted by Gasteiger charge is 2.55. The molecule has 0 radical (unpaired) electrons. The van der Waals surface area contributed by atoms with Crippen LogP contribution in [0.4, 0.5) is 4.79 Å². The molecule has 3 rings (SSSR count). The fraction of sp³-hybridized carbons (Fsp3) is 0.588. The van der Waals surface area contributed by atoms with Gasteiger partial charge in [0.1, 0.15) is 6.04 Å². The van der Waals surface area contributed by atoms with Crippen LogP contribution in [-0.2, 0) is 10.4 Å². The predicted octanol–water partition coefficient (Wildman–Crippen LogP) is 3.55. The Balaban J connectivity index is 2.08. The zero-order valence-corrected chi connectivity index (χ0v) is 13.8. The van der Waals surface area contributed by atoms with Crippen molar-refractivity contribution in [2.45, 2.75) is 44.8 Å². The Bertz CT molecular complexity index is 571. The maximum Gasteiger partial charge on any atom is 0.434 e. The quantitative estimate of drug-likeness (QED) is 0.857. The first-order chi connectivity index (χ1) is 11.2. The summed E-state index contributed by atoms with van der Waals surface area (Å²) in [5.74, 6) is 0. The van der Waals surface area contributed by atoms with Crippen LogP contribution in [0.5, 0.6) is 0 Å². The van der Waals surface area contributed by atoms with Crippen LogP contribution in [0.3, 0.4) is 0 Å². The molecule has 2 aliphatic rings. The lowest BCUT2D eigenvalue weighted by Gasteiger charge is -2.47. The van der Waals surface area contributed by atoms with E-state index in [1.54, 1.807) is 6.92 Å². The van der Waals surface area contributed by atoms with Crippen molar-refractivity contribution in [3.05, 3.63) is 35.9 Å². The largest absolute Gasteiger partial charge is 0.448 e. The number of nitrogens with zero attached hydrogens (tertiary/aromatic N) is 4. The lowest BCUT2D eigenvalue weighted by molar-refractivity contribution is -0.0590. The van der Waals surface area contributed by atoms with Gasteiger partial charge in [0.2, 0.25) is 0 Å². The average molecular weight is 316 g/mol. The molecule has 0 saturated carbocycles. The summed E-state index contributed by atoms with van der Waals surface area (Å²) in [6.07, 6.45) is 3.04. The fourth-order valence-electron chi connectivity index (χ4n) is 3.68. The van der Waals surface area contributed by atoms with Crippen molar-refractivity contribution in [3.63, 3.8) is 0 Å². The maximum absolute atomic E-state index is 12.5. The molecule has 0 bridgehead atoms. The Hall–Kier alpha value is -1.95. The lowest BCUT2D eigenvalue weighted by atomic mass is 9.88. The molecular formula is C17H24N4O2. The van der Waals surface area contributed by atoms with Crippen molar-refractivity contribution < 1.29 is 9.53 Å². The second-order valence-electron chi connectivity index (χ2n) is 6.03. The zero-order chi connectivity index (χ0) is 16.3.